The number of amides is 1. The summed E-state index contributed by atoms with van der Waals surface area (Å²) in [5.41, 5.74) is 0.455. The summed E-state index contributed by atoms with van der Waals surface area (Å²) in [6, 6.07) is 5.56. The molecule has 0 fully saturated rings. The molecule has 0 saturated heterocycles. The van der Waals surface area contributed by atoms with E-state index in [9.17, 15) is 14.7 Å². The smallest absolute Gasteiger partial charge is 0.329 e. The summed E-state index contributed by atoms with van der Waals surface area (Å²) in [4.78, 5) is 26.5. The molecule has 0 aliphatic carbocycles. The molecule has 1 atom stereocenters. The van der Waals surface area contributed by atoms with Gasteiger partial charge in [-0.25, -0.2) is 4.79 Å². The summed E-state index contributed by atoms with van der Waals surface area (Å²) in [7, 11) is 1.58. The molecule has 118 valence electrons. The maximum atomic E-state index is 12.2. The van der Waals surface area contributed by atoms with E-state index in [0.717, 1.165) is 16.5 Å². The van der Waals surface area contributed by atoms with Crippen LogP contribution < -0.4 is 10.1 Å². The van der Waals surface area contributed by atoms with Crippen molar-refractivity contribution < 1.29 is 19.4 Å². The number of aromatic amines is 1. The van der Waals surface area contributed by atoms with Crippen LogP contribution >= 0.6 is 0 Å². The SMILES string of the molecule is CCC(C)(NC(=O)Cc1c[nH]c2ccc(OC)cc12)C(=O)O. The third-order valence-electron chi connectivity index (χ3n) is 3.92. The molecule has 0 aliphatic heterocycles. The highest BCUT2D eigenvalue weighted by molar-refractivity contribution is 5.92. The van der Waals surface area contributed by atoms with E-state index in [1.807, 2.05) is 18.2 Å². The number of hydrogen-bond acceptors (Lipinski definition) is 3. The molecule has 1 heterocycles. The van der Waals surface area contributed by atoms with E-state index in [1.54, 1.807) is 20.2 Å². The average Bonchev–Trinajstić information content (AvgIpc) is 2.88. The summed E-state index contributed by atoms with van der Waals surface area (Å²) >= 11 is 0. The fraction of sp³-hybridized carbons (Fsp3) is 0.375. The first-order valence-electron chi connectivity index (χ1n) is 7.08. The third-order valence-corrected chi connectivity index (χ3v) is 3.92. The van der Waals surface area contributed by atoms with Crippen LogP contribution in [0.15, 0.2) is 24.4 Å². The quantitative estimate of drug-likeness (QED) is 0.762. The molecule has 0 aliphatic rings. The second-order valence-electron chi connectivity index (χ2n) is 5.44. The van der Waals surface area contributed by atoms with Gasteiger partial charge in [0.15, 0.2) is 0 Å². The number of benzene rings is 1. The Morgan fingerprint density at radius 3 is 2.73 bits per heavy atom. The molecule has 6 nitrogen and oxygen atoms in total. The van der Waals surface area contributed by atoms with Gasteiger partial charge in [0.05, 0.1) is 13.5 Å². The first-order valence-corrected chi connectivity index (χ1v) is 7.08. The van der Waals surface area contributed by atoms with Gasteiger partial charge >= 0.3 is 5.97 Å². The molecule has 0 radical (unpaired) electrons. The number of aromatic nitrogens is 1. The monoisotopic (exact) mass is 304 g/mol. The summed E-state index contributed by atoms with van der Waals surface area (Å²) in [5.74, 6) is -0.655. The molecule has 2 aromatic rings. The van der Waals surface area contributed by atoms with Crippen LogP contribution in [0.4, 0.5) is 0 Å². The summed E-state index contributed by atoms with van der Waals surface area (Å²) < 4.78 is 5.19. The van der Waals surface area contributed by atoms with Crippen molar-refractivity contribution in [3.63, 3.8) is 0 Å². The summed E-state index contributed by atoms with van der Waals surface area (Å²) in [6.45, 7) is 3.23. The van der Waals surface area contributed by atoms with Crippen molar-refractivity contribution in [3.8, 4) is 5.75 Å². The predicted molar refractivity (Wildman–Crippen MR) is 83.0 cm³/mol. The van der Waals surface area contributed by atoms with E-state index in [4.69, 9.17) is 4.74 Å². The lowest BCUT2D eigenvalue weighted by Crippen LogP contribution is -2.52. The normalized spacial score (nSPS) is 13.6. The number of rotatable bonds is 6. The molecule has 1 aromatic carbocycles. The molecule has 0 spiro atoms. The number of ether oxygens (including phenoxy) is 1. The molecular formula is C16H20N2O4. The minimum atomic E-state index is -1.25. The Hall–Kier alpha value is -2.50. The van der Waals surface area contributed by atoms with E-state index >= 15 is 0 Å². The fourth-order valence-electron chi connectivity index (χ4n) is 2.25. The number of H-pyrrole nitrogens is 1. The lowest BCUT2D eigenvalue weighted by molar-refractivity contribution is -0.146. The highest BCUT2D eigenvalue weighted by Crippen LogP contribution is 2.24. The van der Waals surface area contributed by atoms with Crippen LogP contribution in [0, 0.1) is 0 Å². The number of methoxy groups -OCH3 is 1. The van der Waals surface area contributed by atoms with Crippen molar-refractivity contribution in [2.24, 2.45) is 0 Å². The first kappa shape index (κ1) is 15.9. The maximum Gasteiger partial charge on any atom is 0.329 e. The predicted octanol–water partition coefficient (Wildman–Crippen LogP) is 2.09. The molecule has 1 aromatic heterocycles. The molecule has 0 saturated carbocycles. The van der Waals surface area contributed by atoms with Gasteiger partial charge in [-0.1, -0.05) is 6.92 Å². The molecule has 2 rings (SSSR count). The van der Waals surface area contributed by atoms with Crippen molar-refractivity contribution in [3.05, 3.63) is 30.0 Å². The summed E-state index contributed by atoms with van der Waals surface area (Å²) in [6.07, 6.45) is 2.18. The van der Waals surface area contributed by atoms with E-state index in [1.165, 1.54) is 6.92 Å². The van der Waals surface area contributed by atoms with Gasteiger partial charge in [0.2, 0.25) is 5.91 Å². The van der Waals surface area contributed by atoms with Crippen molar-refractivity contribution in [1.82, 2.24) is 10.3 Å². The Labute approximate surface area is 128 Å². The van der Waals surface area contributed by atoms with Crippen molar-refractivity contribution in [1.29, 1.82) is 0 Å². The number of aliphatic carboxylic acids is 1. The molecule has 22 heavy (non-hydrogen) atoms. The van der Waals surface area contributed by atoms with Crippen LogP contribution in [-0.4, -0.2) is 34.6 Å². The van der Waals surface area contributed by atoms with Gasteiger partial charge in [0, 0.05) is 17.1 Å². The van der Waals surface area contributed by atoms with E-state index in [-0.39, 0.29) is 12.3 Å². The van der Waals surface area contributed by atoms with Gasteiger partial charge in [-0.3, -0.25) is 4.79 Å². The van der Waals surface area contributed by atoms with E-state index in [0.29, 0.717) is 12.2 Å². The van der Waals surface area contributed by atoms with Crippen LogP contribution in [-0.2, 0) is 16.0 Å². The number of carbonyl (C=O) groups is 2. The number of carboxylic acid groups (broad SMARTS) is 1. The van der Waals surface area contributed by atoms with Crippen molar-refractivity contribution in [2.45, 2.75) is 32.2 Å². The first-order chi connectivity index (χ1) is 10.4. The topological polar surface area (TPSA) is 91.4 Å². The van der Waals surface area contributed by atoms with Crippen molar-refractivity contribution in [2.75, 3.05) is 7.11 Å². The Balaban J connectivity index is 2.20. The molecule has 1 unspecified atom stereocenters. The van der Waals surface area contributed by atoms with Gasteiger partial charge in [-0.2, -0.15) is 0 Å². The van der Waals surface area contributed by atoms with Gasteiger partial charge in [0.1, 0.15) is 11.3 Å². The zero-order chi connectivity index (χ0) is 16.3. The Morgan fingerprint density at radius 1 is 1.41 bits per heavy atom. The molecule has 1 amide bonds. The minimum Gasteiger partial charge on any atom is -0.497 e. The Bertz CT molecular complexity index is 707. The number of carboxylic acids is 1. The Kier molecular flexibility index (Phi) is 4.40. The Morgan fingerprint density at radius 2 is 2.14 bits per heavy atom. The van der Waals surface area contributed by atoms with Gasteiger partial charge < -0.3 is 20.1 Å². The highest BCUT2D eigenvalue weighted by Gasteiger charge is 2.32. The third kappa shape index (κ3) is 3.05. The second-order valence-corrected chi connectivity index (χ2v) is 5.44. The molecule has 6 heteroatoms. The van der Waals surface area contributed by atoms with Crippen molar-refractivity contribution >= 4 is 22.8 Å². The average molecular weight is 304 g/mol. The van der Waals surface area contributed by atoms with E-state index in [2.05, 4.69) is 10.3 Å². The van der Waals surface area contributed by atoms with Gasteiger partial charge in [0.25, 0.3) is 0 Å². The van der Waals surface area contributed by atoms with Gasteiger partial charge in [-0.15, -0.1) is 0 Å². The lowest BCUT2D eigenvalue weighted by atomic mass is 9.98. The zero-order valence-corrected chi connectivity index (χ0v) is 12.9. The molecule has 3 N–H and O–H groups in total. The van der Waals surface area contributed by atoms with Gasteiger partial charge in [-0.05, 0) is 37.1 Å². The van der Waals surface area contributed by atoms with Crippen LogP contribution in [0.5, 0.6) is 5.75 Å². The number of fused-ring (bicyclic) bond motifs is 1. The summed E-state index contributed by atoms with van der Waals surface area (Å²) in [5, 5.41) is 12.7. The van der Waals surface area contributed by atoms with Crippen LogP contribution in [0.25, 0.3) is 10.9 Å². The second kappa shape index (κ2) is 6.09. The molecule has 0 bridgehead atoms. The van der Waals surface area contributed by atoms with E-state index < -0.39 is 11.5 Å². The number of nitrogens with one attached hydrogen (secondary N) is 2. The minimum absolute atomic E-state index is 0.107. The van der Waals surface area contributed by atoms with Crippen LogP contribution in [0.2, 0.25) is 0 Å². The lowest BCUT2D eigenvalue weighted by Gasteiger charge is -2.24. The number of hydrogen-bond donors (Lipinski definition) is 3. The highest BCUT2D eigenvalue weighted by atomic mass is 16.5. The zero-order valence-electron chi connectivity index (χ0n) is 12.9. The number of carbonyl (C=O) groups excluding carboxylic acids is 1. The largest absolute Gasteiger partial charge is 0.497 e. The fourth-order valence-corrected chi connectivity index (χ4v) is 2.25. The maximum absolute atomic E-state index is 12.2. The standard InChI is InChI=1S/C16H20N2O4/c1-4-16(2,15(20)21)18-14(19)7-10-9-17-13-6-5-11(22-3)8-12(10)13/h5-6,8-9,17H,4,7H2,1-3H3,(H,18,19)(H,20,21). The molecular weight excluding hydrogens is 284 g/mol. The van der Waals surface area contributed by atoms with Crippen LogP contribution in [0.3, 0.4) is 0 Å². The van der Waals surface area contributed by atoms with Crippen LogP contribution in [0.1, 0.15) is 25.8 Å².